The zero-order valence-electron chi connectivity index (χ0n) is 21.9. The third kappa shape index (κ3) is 17.0. The van der Waals surface area contributed by atoms with Gasteiger partial charge in [0, 0.05) is 12.1 Å². The van der Waals surface area contributed by atoms with E-state index in [0.29, 0.717) is 5.56 Å². The zero-order valence-corrected chi connectivity index (χ0v) is 21.9. The molecule has 0 aliphatic rings. The Hall–Kier alpha value is -3.20. The van der Waals surface area contributed by atoms with E-state index in [9.17, 15) is 0 Å². The SMILES string of the molecule is C#N.CCCCCCCOc1ccc(/C(N)=N/O)cc1.CCCCCCCOc1ccc(C)cc1. The summed E-state index contributed by atoms with van der Waals surface area (Å²) in [4.78, 5) is 0. The van der Waals surface area contributed by atoms with Gasteiger partial charge in [-0.1, -0.05) is 88.1 Å². The number of hydrogen-bond acceptors (Lipinski definition) is 5. The topological polar surface area (TPSA) is 101 Å². The highest BCUT2D eigenvalue weighted by Crippen LogP contribution is 2.14. The fraction of sp³-hybridized carbons (Fsp3) is 0.517. The minimum atomic E-state index is 0.112. The molecule has 0 radical (unpaired) electrons. The highest BCUT2D eigenvalue weighted by Gasteiger charge is 1.99. The molecule has 0 aliphatic carbocycles. The molecule has 0 saturated heterocycles. The van der Waals surface area contributed by atoms with E-state index in [4.69, 9.17) is 25.7 Å². The molecule has 0 bridgehead atoms. The average Bonchev–Trinajstić information content (AvgIpc) is 2.90. The maximum absolute atomic E-state index is 8.53. The number of ether oxygens (including phenoxy) is 2. The molecular weight excluding hydrogens is 438 g/mol. The van der Waals surface area contributed by atoms with Gasteiger partial charge in [-0.2, -0.15) is 0 Å². The molecule has 35 heavy (non-hydrogen) atoms. The maximum atomic E-state index is 8.53. The van der Waals surface area contributed by atoms with Crippen molar-refractivity contribution in [1.29, 1.82) is 5.26 Å². The van der Waals surface area contributed by atoms with E-state index in [0.717, 1.165) is 31.1 Å². The largest absolute Gasteiger partial charge is 0.494 e. The van der Waals surface area contributed by atoms with Crippen LogP contribution < -0.4 is 15.2 Å². The van der Waals surface area contributed by atoms with Crippen molar-refractivity contribution in [2.45, 2.75) is 85.0 Å². The van der Waals surface area contributed by atoms with Gasteiger partial charge in [0.1, 0.15) is 11.5 Å². The van der Waals surface area contributed by atoms with Crippen LogP contribution in [0.3, 0.4) is 0 Å². The lowest BCUT2D eigenvalue weighted by Crippen LogP contribution is -2.12. The monoisotopic (exact) mass is 483 g/mol. The number of hydrogen-bond donors (Lipinski definition) is 2. The Morgan fingerprint density at radius 3 is 1.54 bits per heavy atom. The lowest BCUT2D eigenvalue weighted by molar-refractivity contribution is 0.304. The standard InChI is InChI=1S/C14H22N2O2.C14H22O.CHN/c1-2-3-4-5-6-11-18-13-9-7-12(8-10-13)14(15)16-17;1-3-4-5-6-7-12-15-14-10-8-13(2)9-11-14;1-2/h7-10,17H,2-6,11H2,1H3,(H2,15,16);8-11H,3-7,12H2,1-2H3;1H. The molecule has 0 aliphatic heterocycles. The van der Waals surface area contributed by atoms with E-state index in [2.05, 4.69) is 44.6 Å². The fourth-order valence-electron chi connectivity index (χ4n) is 3.21. The van der Waals surface area contributed by atoms with Crippen molar-refractivity contribution in [2.24, 2.45) is 10.9 Å². The first kappa shape index (κ1) is 31.8. The van der Waals surface area contributed by atoms with E-state index in [1.807, 2.05) is 24.3 Å². The van der Waals surface area contributed by atoms with Crippen molar-refractivity contribution >= 4 is 5.84 Å². The van der Waals surface area contributed by atoms with E-state index in [-0.39, 0.29) is 5.84 Å². The highest BCUT2D eigenvalue weighted by atomic mass is 16.5. The van der Waals surface area contributed by atoms with Crippen molar-refractivity contribution in [1.82, 2.24) is 0 Å². The lowest BCUT2D eigenvalue weighted by atomic mass is 10.2. The van der Waals surface area contributed by atoms with Gasteiger partial charge in [-0.3, -0.25) is 0 Å². The summed E-state index contributed by atoms with van der Waals surface area (Å²) < 4.78 is 11.3. The second kappa shape index (κ2) is 22.6. The molecule has 0 unspecified atom stereocenters. The van der Waals surface area contributed by atoms with E-state index in [1.54, 1.807) is 12.1 Å². The van der Waals surface area contributed by atoms with Gasteiger partial charge in [0.2, 0.25) is 0 Å². The molecule has 0 fully saturated rings. The summed E-state index contributed by atoms with van der Waals surface area (Å²) in [5, 5.41) is 18.0. The van der Waals surface area contributed by atoms with Crippen LogP contribution in [-0.4, -0.2) is 24.3 Å². The first-order valence-corrected chi connectivity index (χ1v) is 12.8. The van der Waals surface area contributed by atoms with Crippen molar-refractivity contribution in [2.75, 3.05) is 13.2 Å². The molecule has 0 heterocycles. The van der Waals surface area contributed by atoms with Crippen LogP contribution in [0.1, 0.15) is 89.2 Å². The van der Waals surface area contributed by atoms with Crippen LogP contribution in [0.2, 0.25) is 0 Å². The number of amidine groups is 1. The first-order chi connectivity index (χ1) is 17.1. The van der Waals surface area contributed by atoms with Crippen LogP contribution in [0.4, 0.5) is 0 Å². The Morgan fingerprint density at radius 2 is 1.14 bits per heavy atom. The molecule has 2 rings (SSSR count). The normalized spacial score (nSPS) is 10.4. The molecule has 0 saturated carbocycles. The summed E-state index contributed by atoms with van der Waals surface area (Å²) in [5.74, 6) is 1.93. The summed E-state index contributed by atoms with van der Waals surface area (Å²) in [5.41, 5.74) is 7.44. The molecule has 2 aromatic rings. The summed E-state index contributed by atoms with van der Waals surface area (Å²) in [6, 6.07) is 15.5. The van der Waals surface area contributed by atoms with Gasteiger partial charge in [-0.15, -0.1) is 0 Å². The Balaban J connectivity index is 0.000000625. The van der Waals surface area contributed by atoms with Gasteiger partial charge in [0.05, 0.1) is 13.2 Å². The number of nitrogens with two attached hydrogens (primary N) is 1. The van der Waals surface area contributed by atoms with Crippen LogP contribution in [0, 0.1) is 18.8 Å². The third-order valence-electron chi connectivity index (χ3n) is 5.31. The lowest BCUT2D eigenvalue weighted by Gasteiger charge is -2.06. The second-order valence-electron chi connectivity index (χ2n) is 8.35. The van der Waals surface area contributed by atoms with E-state index >= 15 is 0 Å². The van der Waals surface area contributed by atoms with E-state index < -0.39 is 0 Å². The van der Waals surface area contributed by atoms with Gasteiger partial charge in [0.25, 0.3) is 0 Å². The quantitative estimate of drug-likeness (QED) is 0.0892. The summed E-state index contributed by atoms with van der Waals surface area (Å²) in [6.45, 7) is 11.6. The fourth-order valence-corrected chi connectivity index (χ4v) is 3.21. The van der Waals surface area contributed by atoms with Crippen molar-refractivity contribution in [3.63, 3.8) is 0 Å². The zero-order chi connectivity index (χ0) is 26.2. The van der Waals surface area contributed by atoms with Crippen LogP contribution in [-0.2, 0) is 0 Å². The maximum Gasteiger partial charge on any atom is 0.170 e. The number of oxime groups is 1. The molecule has 3 N–H and O–H groups in total. The number of rotatable bonds is 15. The number of benzene rings is 2. The summed E-state index contributed by atoms with van der Waals surface area (Å²) in [6.07, 6.45) is 12.6. The van der Waals surface area contributed by atoms with Gasteiger partial charge >= 0.3 is 0 Å². The van der Waals surface area contributed by atoms with Crippen molar-refractivity contribution in [3.05, 3.63) is 59.7 Å². The van der Waals surface area contributed by atoms with Crippen LogP contribution in [0.15, 0.2) is 53.7 Å². The van der Waals surface area contributed by atoms with Crippen LogP contribution >= 0.6 is 0 Å². The van der Waals surface area contributed by atoms with Gasteiger partial charge in [-0.25, -0.2) is 5.26 Å². The molecule has 0 spiro atoms. The smallest absolute Gasteiger partial charge is 0.170 e. The van der Waals surface area contributed by atoms with E-state index in [1.165, 1.54) is 63.4 Å². The van der Waals surface area contributed by atoms with Crippen molar-refractivity contribution in [3.8, 4) is 18.1 Å². The Kier molecular flexibility index (Phi) is 20.5. The average molecular weight is 484 g/mol. The van der Waals surface area contributed by atoms with Gasteiger partial charge in [-0.05, 0) is 56.2 Å². The highest BCUT2D eigenvalue weighted by molar-refractivity contribution is 5.97. The van der Waals surface area contributed by atoms with Gasteiger partial charge < -0.3 is 20.4 Å². The minimum Gasteiger partial charge on any atom is -0.494 e. The number of nitrogens with zero attached hydrogens (tertiary/aromatic N) is 2. The molecule has 0 aromatic heterocycles. The Bertz CT molecular complexity index is 787. The Labute approximate surface area is 212 Å². The first-order valence-electron chi connectivity index (χ1n) is 12.8. The Morgan fingerprint density at radius 1 is 0.743 bits per heavy atom. The summed E-state index contributed by atoms with van der Waals surface area (Å²) in [7, 11) is 0. The predicted octanol–water partition coefficient (Wildman–Crippen LogP) is 7.61. The van der Waals surface area contributed by atoms with Crippen LogP contribution in [0.5, 0.6) is 11.5 Å². The molecule has 0 atom stereocenters. The minimum absolute atomic E-state index is 0.112. The molecule has 0 amide bonds. The predicted molar refractivity (Wildman–Crippen MR) is 145 cm³/mol. The molecular formula is C29H45N3O3. The molecule has 6 nitrogen and oxygen atoms in total. The van der Waals surface area contributed by atoms with Gasteiger partial charge in [0.15, 0.2) is 5.84 Å². The summed E-state index contributed by atoms with van der Waals surface area (Å²) >= 11 is 0. The second-order valence-corrected chi connectivity index (χ2v) is 8.35. The number of aryl methyl sites for hydroxylation is 1. The number of nitriles is 1. The molecule has 2 aromatic carbocycles. The van der Waals surface area contributed by atoms with Crippen molar-refractivity contribution < 1.29 is 14.7 Å². The number of unbranched alkanes of at least 4 members (excludes halogenated alkanes) is 8. The third-order valence-corrected chi connectivity index (χ3v) is 5.31. The molecule has 194 valence electrons. The molecule has 6 heteroatoms. The van der Waals surface area contributed by atoms with Crippen LogP contribution in [0.25, 0.3) is 0 Å².